The quantitative estimate of drug-likeness (QED) is 0.253. The Labute approximate surface area is 235 Å². The number of hydrogen-bond donors (Lipinski definition) is 3. The van der Waals surface area contributed by atoms with Gasteiger partial charge in [0, 0.05) is 18.1 Å². The van der Waals surface area contributed by atoms with Gasteiger partial charge in [-0.3, -0.25) is 14.4 Å². The third kappa shape index (κ3) is 5.48. The molecule has 7 nitrogen and oxygen atoms in total. The number of hydrogen-bond acceptors (Lipinski definition) is 7. The molecule has 0 fully saturated rings. The van der Waals surface area contributed by atoms with E-state index in [0.29, 0.717) is 0 Å². The van der Waals surface area contributed by atoms with Crippen LogP contribution in [0.4, 0.5) is 0 Å². The van der Waals surface area contributed by atoms with Gasteiger partial charge in [-0.05, 0) is 74.7 Å². The first kappa shape index (κ1) is 30.8. The number of benzene rings is 1. The van der Waals surface area contributed by atoms with Crippen LogP contribution < -0.4 is 5.43 Å². The summed E-state index contributed by atoms with van der Waals surface area (Å²) in [6.07, 6.45) is 6.97. The lowest BCUT2D eigenvalue weighted by molar-refractivity contribution is -0.140. The number of rotatable bonds is 8. The SMILES string of the molecule is CC(C)=CCc1c(O)cc2oc3c(c(=O)c2c1O)C(CC=C(C)C)(CC=C(C)C)C(=O)[C@](O)(CC=C(C)C)C3=O. The fourth-order valence-electron chi connectivity index (χ4n) is 5.03. The molecule has 0 radical (unpaired) electrons. The Kier molecular flexibility index (Phi) is 8.80. The minimum atomic E-state index is -2.47. The number of fused-ring (bicyclic) bond motifs is 2. The number of phenols is 2. The summed E-state index contributed by atoms with van der Waals surface area (Å²) >= 11 is 0. The van der Waals surface area contributed by atoms with E-state index in [9.17, 15) is 29.7 Å². The Morgan fingerprint density at radius 3 is 1.80 bits per heavy atom. The molecule has 1 aromatic carbocycles. The van der Waals surface area contributed by atoms with Gasteiger partial charge in [0.15, 0.2) is 17.1 Å². The smallest absolute Gasteiger partial charge is 0.237 e. The van der Waals surface area contributed by atoms with Gasteiger partial charge in [-0.1, -0.05) is 46.6 Å². The molecular weight excluding hydrogens is 508 g/mol. The minimum Gasteiger partial charge on any atom is -0.507 e. The molecule has 40 heavy (non-hydrogen) atoms. The first-order valence-corrected chi connectivity index (χ1v) is 13.5. The Morgan fingerprint density at radius 2 is 1.30 bits per heavy atom. The lowest BCUT2D eigenvalue weighted by atomic mass is 9.60. The lowest BCUT2D eigenvalue weighted by Crippen LogP contribution is -2.61. The number of carbonyl (C=O) groups excluding carboxylic acids is 2. The van der Waals surface area contributed by atoms with Crippen LogP contribution in [0.3, 0.4) is 0 Å². The molecular formula is C33H40O7. The molecule has 7 heteroatoms. The van der Waals surface area contributed by atoms with Crippen LogP contribution in [0.1, 0.15) is 96.3 Å². The van der Waals surface area contributed by atoms with Gasteiger partial charge in [0.2, 0.25) is 11.2 Å². The number of allylic oxidation sites excluding steroid dienone is 7. The van der Waals surface area contributed by atoms with Crippen molar-refractivity contribution in [2.45, 2.75) is 92.1 Å². The fourth-order valence-corrected chi connectivity index (χ4v) is 5.03. The highest BCUT2D eigenvalue weighted by molar-refractivity contribution is 6.24. The van der Waals surface area contributed by atoms with Crippen molar-refractivity contribution in [1.82, 2.24) is 0 Å². The molecule has 0 unspecified atom stereocenters. The maximum absolute atomic E-state index is 14.4. The third-order valence-electron chi connectivity index (χ3n) is 7.35. The van der Waals surface area contributed by atoms with Gasteiger partial charge in [0.25, 0.3) is 0 Å². The van der Waals surface area contributed by atoms with E-state index >= 15 is 0 Å². The molecule has 214 valence electrons. The van der Waals surface area contributed by atoms with E-state index in [1.165, 1.54) is 6.07 Å². The van der Waals surface area contributed by atoms with Gasteiger partial charge in [-0.15, -0.1) is 0 Å². The third-order valence-corrected chi connectivity index (χ3v) is 7.35. The van der Waals surface area contributed by atoms with Crippen LogP contribution in [0.25, 0.3) is 11.0 Å². The van der Waals surface area contributed by atoms with E-state index < -0.39 is 39.5 Å². The Hall–Kier alpha value is -3.71. The molecule has 2 aromatic rings. The molecule has 0 amide bonds. The van der Waals surface area contributed by atoms with Crippen LogP contribution in [-0.4, -0.2) is 32.5 Å². The molecule has 3 rings (SSSR count). The van der Waals surface area contributed by atoms with Crippen LogP contribution in [-0.2, 0) is 16.6 Å². The van der Waals surface area contributed by atoms with Crippen molar-refractivity contribution in [2.75, 3.05) is 0 Å². The zero-order valence-electron chi connectivity index (χ0n) is 24.7. The van der Waals surface area contributed by atoms with Crippen molar-refractivity contribution in [1.29, 1.82) is 0 Å². The largest absolute Gasteiger partial charge is 0.507 e. The molecule has 1 atom stereocenters. The summed E-state index contributed by atoms with van der Waals surface area (Å²) in [6, 6.07) is 1.19. The van der Waals surface area contributed by atoms with Crippen LogP contribution in [0, 0.1) is 0 Å². The average molecular weight is 549 g/mol. The Morgan fingerprint density at radius 1 is 0.800 bits per heavy atom. The zero-order valence-corrected chi connectivity index (χ0v) is 24.7. The molecule has 1 aliphatic rings. The molecule has 1 heterocycles. The molecule has 0 aliphatic heterocycles. The van der Waals surface area contributed by atoms with E-state index in [-0.39, 0.29) is 53.5 Å². The summed E-state index contributed by atoms with van der Waals surface area (Å²) < 4.78 is 5.98. The zero-order chi connectivity index (χ0) is 30.2. The highest BCUT2D eigenvalue weighted by Crippen LogP contribution is 2.47. The van der Waals surface area contributed by atoms with Gasteiger partial charge in [-0.25, -0.2) is 0 Å². The standard InChI is InChI=1S/C33H40O7/c1-18(2)9-10-22-23(34)17-24-25(27(22)35)28(36)26-29(40-24)30(37)33(39,16-13-21(7)8)31(38)32(26,14-11-19(3)4)15-12-20(5)6/h9,11-13,17,34-35,39H,10,14-16H2,1-8H3/t33-/m0/s1. The van der Waals surface area contributed by atoms with Crippen LogP contribution >= 0.6 is 0 Å². The van der Waals surface area contributed by atoms with E-state index in [0.717, 1.165) is 22.3 Å². The molecule has 0 saturated heterocycles. The predicted octanol–water partition coefficient (Wildman–Crippen LogP) is 6.52. The summed E-state index contributed by atoms with van der Waals surface area (Å²) in [5.41, 5.74) is -1.56. The number of carbonyl (C=O) groups is 2. The molecule has 1 aromatic heterocycles. The number of Topliss-reactive ketones (excluding diaryl/α,β-unsaturated/α-hetero) is 2. The van der Waals surface area contributed by atoms with E-state index in [4.69, 9.17) is 4.42 Å². The average Bonchev–Trinajstić information content (AvgIpc) is 2.85. The monoisotopic (exact) mass is 548 g/mol. The molecule has 0 spiro atoms. The fraction of sp³-hybridized carbons (Fsp3) is 0.424. The van der Waals surface area contributed by atoms with Crippen molar-refractivity contribution in [3.63, 3.8) is 0 Å². The summed E-state index contributed by atoms with van der Waals surface area (Å²) in [6.45, 7) is 14.8. The summed E-state index contributed by atoms with van der Waals surface area (Å²) in [5.74, 6) is -2.99. The van der Waals surface area contributed by atoms with Gasteiger partial charge < -0.3 is 19.7 Å². The lowest BCUT2D eigenvalue weighted by Gasteiger charge is -2.42. The second-order valence-electron chi connectivity index (χ2n) is 11.8. The molecule has 1 aliphatic carbocycles. The predicted molar refractivity (Wildman–Crippen MR) is 157 cm³/mol. The first-order chi connectivity index (χ1) is 18.6. The maximum Gasteiger partial charge on any atom is 0.237 e. The van der Waals surface area contributed by atoms with Crippen molar-refractivity contribution in [3.8, 4) is 11.5 Å². The summed E-state index contributed by atoms with van der Waals surface area (Å²) in [4.78, 5) is 42.6. The minimum absolute atomic E-state index is 0.0368. The summed E-state index contributed by atoms with van der Waals surface area (Å²) in [5, 5.41) is 33.4. The van der Waals surface area contributed by atoms with E-state index in [1.807, 2.05) is 41.5 Å². The molecule has 0 saturated carbocycles. The second-order valence-corrected chi connectivity index (χ2v) is 11.8. The van der Waals surface area contributed by atoms with Crippen LogP contribution in [0.2, 0.25) is 0 Å². The van der Waals surface area contributed by atoms with Crippen molar-refractivity contribution >= 4 is 22.5 Å². The van der Waals surface area contributed by atoms with Crippen LogP contribution in [0.15, 0.2) is 61.9 Å². The van der Waals surface area contributed by atoms with Gasteiger partial charge in [-0.2, -0.15) is 0 Å². The maximum atomic E-state index is 14.4. The topological polar surface area (TPSA) is 125 Å². The highest BCUT2D eigenvalue weighted by atomic mass is 16.4. The van der Waals surface area contributed by atoms with Crippen LogP contribution in [0.5, 0.6) is 11.5 Å². The number of aliphatic hydroxyl groups is 1. The normalized spacial score (nSPS) is 17.7. The Bertz CT molecular complexity index is 1530. The molecule has 3 N–H and O–H groups in total. The van der Waals surface area contributed by atoms with E-state index in [2.05, 4.69) is 0 Å². The second kappa shape index (κ2) is 11.4. The number of ketones is 2. The highest BCUT2D eigenvalue weighted by Gasteiger charge is 2.61. The van der Waals surface area contributed by atoms with E-state index in [1.54, 1.807) is 38.2 Å². The molecule has 0 bridgehead atoms. The number of phenolic OH excluding ortho intramolecular Hbond substituents is 2. The first-order valence-electron chi connectivity index (χ1n) is 13.5. The van der Waals surface area contributed by atoms with Crippen molar-refractivity contribution in [2.24, 2.45) is 0 Å². The Balaban J connectivity index is 2.55. The van der Waals surface area contributed by atoms with Crippen molar-refractivity contribution < 1.29 is 29.3 Å². The number of aromatic hydroxyl groups is 2. The van der Waals surface area contributed by atoms with Crippen molar-refractivity contribution in [3.05, 3.63) is 79.8 Å². The van der Waals surface area contributed by atoms with Gasteiger partial charge in [0.05, 0.1) is 11.0 Å². The van der Waals surface area contributed by atoms with Gasteiger partial charge >= 0.3 is 0 Å². The summed E-state index contributed by atoms with van der Waals surface area (Å²) in [7, 11) is 0. The van der Waals surface area contributed by atoms with Gasteiger partial charge in [0.1, 0.15) is 22.5 Å².